The van der Waals surface area contributed by atoms with Gasteiger partial charge in [0.05, 0.1) is 13.1 Å². The Morgan fingerprint density at radius 1 is 1.10 bits per heavy atom. The van der Waals surface area contributed by atoms with Gasteiger partial charge < -0.3 is 19.9 Å². The molecule has 0 aromatic heterocycles. The maximum atomic E-state index is 12.7. The van der Waals surface area contributed by atoms with E-state index in [1.165, 1.54) is 37.1 Å². The molecule has 2 amide bonds. The highest BCUT2D eigenvalue weighted by molar-refractivity contribution is 5.79. The van der Waals surface area contributed by atoms with Crippen molar-refractivity contribution < 1.29 is 19.2 Å². The van der Waals surface area contributed by atoms with Crippen molar-refractivity contribution >= 4 is 12.0 Å². The number of nitrogens with one attached hydrogen (secondary N) is 2. The maximum Gasteiger partial charge on any atom is 0.410 e. The van der Waals surface area contributed by atoms with Gasteiger partial charge in [-0.15, -0.1) is 0 Å². The number of nitrogens with zero attached hydrogens (tertiary/aromatic N) is 1. The number of hydrogen-bond donors (Lipinski definition) is 2. The molecule has 29 heavy (non-hydrogen) atoms. The van der Waals surface area contributed by atoms with Gasteiger partial charge in [-0.2, -0.15) is 0 Å². The van der Waals surface area contributed by atoms with E-state index in [-0.39, 0.29) is 17.9 Å². The van der Waals surface area contributed by atoms with Gasteiger partial charge >= 0.3 is 6.09 Å². The minimum Gasteiger partial charge on any atom is -0.444 e. The van der Waals surface area contributed by atoms with Crippen molar-refractivity contribution in [1.82, 2.24) is 10.2 Å². The van der Waals surface area contributed by atoms with Crippen molar-refractivity contribution in [3.05, 3.63) is 35.4 Å². The fraction of sp³-hybridized carbons (Fsp3) is 0.652. The van der Waals surface area contributed by atoms with Crippen LogP contribution in [0.25, 0.3) is 0 Å². The van der Waals surface area contributed by atoms with E-state index in [1.54, 1.807) is 9.80 Å². The van der Waals surface area contributed by atoms with Gasteiger partial charge in [0.2, 0.25) is 5.91 Å². The van der Waals surface area contributed by atoms with E-state index in [2.05, 4.69) is 23.5 Å². The molecule has 2 aliphatic rings. The second kappa shape index (κ2) is 9.61. The number of ether oxygens (including phenoxy) is 1. The van der Waals surface area contributed by atoms with Crippen molar-refractivity contribution in [3.63, 3.8) is 0 Å². The first-order chi connectivity index (χ1) is 13.8. The van der Waals surface area contributed by atoms with Crippen LogP contribution in [-0.4, -0.2) is 48.7 Å². The lowest BCUT2D eigenvalue weighted by atomic mass is 9.96. The van der Waals surface area contributed by atoms with E-state index < -0.39 is 5.60 Å². The molecule has 0 saturated carbocycles. The number of hydrogen-bond acceptors (Lipinski definition) is 3. The first-order valence-electron chi connectivity index (χ1n) is 11.0. The van der Waals surface area contributed by atoms with Gasteiger partial charge in [0.1, 0.15) is 12.1 Å². The Morgan fingerprint density at radius 3 is 2.34 bits per heavy atom. The van der Waals surface area contributed by atoms with E-state index in [4.69, 9.17) is 4.74 Å². The molecule has 2 aliphatic heterocycles. The van der Waals surface area contributed by atoms with Gasteiger partial charge in [-0.05, 0) is 39.2 Å². The minimum absolute atomic E-state index is 0.0370. The highest BCUT2D eigenvalue weighted by Gasteiger charge is 2.30. The summed E-state index contributed by atoms with van der Waals surface area (Å²) in [6.07, 6.45) is 3.72. The molecule has 0 aliphatic carbocycles. The number of quaternary nitrogens is 1. The van der Waals surface area contributed by atoms with E-state index in [0.29, 0.717) is 32.5 Å². The van der Waals surface area contributed by atoms with Crippen molar-refractivity contribution in [1.29, 1.82) is 0 Å². The second-order valence-corrected chi connectivity index (χ2v) is 9.36. The molecule has 0 bridgehead atoms. The van der Waals surface area contributed by atoms with Gasteiger partial charge in [0.15, 0.2) is 0 Å². The molecule has 0 unspecified atom stereocenters. The fourth-order valence-corrected chi connectivity index (χ4v) is 4.20. The average Bonchev–Trinajstić information content (AvgIpc) is 3.19. The summed E-state index contributed by atoms with van der Waals surface area (Å²) in [5, 5.41) is 3.13. The predicted octanol–water partition coefficient (Wildman–Crippen LogP) is 2.13. The number of carbonyl (C=O) groups excluding carboxylic acids is 2. The Hall–Kier alpha value is -2.08. The van der Waals surface area contributed by atoms with Gasteiger partial charge in [-0.25, -0.2) is 4.79 Å². The quantitative estimate of drug-likeness (QED) is 0.793. The van der Waals surface area contributed by atoms with Crippen LogP contribution < -0.4 is 10.2 Å². The highest BCUT2D eigenvalue weighted by Crippen LogP contribution is 2.20. The van der Waals surface area contributed by atoms with Crippen LogP contribution >= 0.6 is 0 Å². The average molecular weight is 403 g/mol. The summed E-state index contributed by atoms with van der Waals surface area (Å²) < 4.78 is 5.43. The third-order valence-electron chi connectivity index (χ3n) is 5.84. The highest BCUT2D eigenvalue weighted by atomic mass is 16.6. The molecule has 0 radical (unpaired) electrons. The molecule has 2 N–H and O–H groups in total. The van der Waals surface area contributed by atoms with Gasteiger partial charge in [0.25, 0.3) is 0 Å². The normalized spacial score (nSPS) is 18.7. The van der Waals surface area contributed by atoms with Crippen LogP contribution in [0.5, 0.6) is 0 Å². The van der Waals surface area contributed by atoms with E-state index >= 15 is 0 Å². The zero-order valence-corrected chi connectivity index (χ0v) is 18.1. The fourth-order valence-electron chi connectivity index (χ4n) is 4.20. The zero-order valence-electron chi connectivity index (χ0n) is 18.1. The van der Waals surface area contributed by atoms with Crippen LogP contribution in [-0.2, 0) is 22.6 Å². The molecule has 2 heterocycles. The van der Waals surface area contributed by atoms with Crippen LogP contribution in [0.15, 0.2) is 24.3 Å². The number of amides is 2. The van der Waals surface area contributed by atoms with Crippen molar-refractivity contribution in [2.24, 2.45) is 5.92 Å². The van der Waals surface area contributed by atoms with Gasteiger partial charge in [-0.1, -0.05) is 24.3 Å². The Kier molecular flexibility index (Phi) is 7.17. The van der Waals surface area contributed by atoms with Gasteiger partial charge in [0, 0.05) is 44.0 Å². The summed E-state index contributed by atoms with van der Waals surface area (Å²) in [6.45, 7) is 10.9. The molecule has 3 rings (SSSR count). The number of piperidine rings is 1. The molecule has 2 fully saturated rings. The second-order valence-electron chi connectivity index (χ2n) is 9.36. The van der Waals surface area contributed by atoms with Crippen molar-refractivity contribution in [3.8, 4) is 0 Å². The zero-order chi connectivity index (χ0) is 20.9. The van der Waals surface area contributed by atoms with Crippen molar-refractivity contribution in [2.45, 2.75) is 65.1 Å². The molecule has 0 spiro atoms. The summed E-state index contributed by atoms with van der Waals surface area (Å²) in [6, 6.07) is 8.44. The van der Waals surface area contributed by atoms with Crippen molar-refractivity contribution in [2.75, 3.05) is 26.2 Å². The summed E-state index contributed by atoms with van der Waals surface area (Å²) in [7, 11) is 0. The van der Waals surface area contributed by atoms with E-state index in [1.807, 2.05) is 26.8 Å². The Morgan fingerprint density at radius 2 is 1.72 bits per heavy atom. The molecular weight excluding hydrogens is 366 g/mol. The van der Waals surface area contributed by atoms with Crippen LogP contribution in [0, 0.1) is 5.92 Å². The van der Waals surface area contributed by atoms with Crippen LogP contribution in [0.2, 0.25) is 0 Å². The third-order valence-corrected chi connectivity index (χ3v) is 5.84. The summed E-state index contributed by atoms with van der Waals surface area (Å²) in [5.74, 6) is 0.0576. The lowest BCUT2D eigenvalue weighted by Gasteiger charge is -2.33. The first-order valence-corrected chi connectivity index (χ1v) is 11.0. The van der Waals surface area contributed by atoms with Crippen LogP contribution in [0.4, 0.5) is 4.79 Å². The molecule has 1 aromatic carbocycles. The largest absolute Gasteiger partial charge is 0.444 e. The molecule has 1 aromatic rings. The van der Waals surface area contributed by atoms with Crippen LogP contribution in [0.1, 0.15) is 57.6 Å². The summed E-state index contributed by atoms with van der Waals surface area (Å²) in [4.78, 5) is 28.2. The first kappa shape index (κ1) is 21.6. The van der Waals surface area contributed by atoms with E-state index in [0.717, 1.165) is 6.54 Å². The molecule has 160 valence electrons. The lowest BCUT2D eigenvalue weighted by molar-refractivity contribution is -0.901. The predicted molar refractivity (Wildman–Crippen MR) is 112 cm³/mol. The minimum atomic E-state index is -0.491. The summed E-state index contributed by atoms with van der Waals surface area (Å²) in [5.41, 5.74) is 2.06. The number of likely N-dealkylation sites (tertiary alicyclic amines) is 2. The molecule has 6 heteroatoms. The SMILES string of the molecule is CC(C)(C)OC(=O)N1CCC(C(=O)NCc2ccccc2C[NH+]2CCCC2)CC1. The number of carbonyl (C=O) groups is 2. The van der Waals surface area contributed by atoms with Crippen LogP contribution in [0.3, 0.4) is 0 Å². The number of benzene rings is 1. The lowest BCUT2D eigenvalue weighted by Crippen LogP contribution is -3.08. The Balaban J connectivity index is 1.46. The maximum absolute atomic E-state index is 12.7. The standard InChI is InChI=1S/C23H35N3O3/c1-23(2,3)29-22(28)26-14-10-18(11-15-26)21(27)24-16-19-8-4-5-9-20(19)17-25-12-6-7-13-25/h4-5,8-9,18H,6-7,10-17H2,1-3H3,(H,24,27)/p+1. The molecule has 6 nitrogen and oxygen atoms in total. The Bertz CT molecular complexity index is 700. The third kappa shape index (κ3) is 6.46. The smallest absolute Gasteiger partial charge is 0.410 e. The molecule has 2 saturated heterocycles. The molecule has 0 atom stereocenters. The topological polar surface area (TPSA) is 63.1 Å². The molecular formula is C23H36N3O3+. The number of rotatable bonds is 5. The van der Waals surface area contributed by atoms with E-state index in [9.17, 15) is 9.59 Å². The summed E-state index contributed by atoms with van der Waals surface area (Å²) >= 11 is 0. The Labute approximate surface area is 174 Å². The monoisotopic (exact) mass is 402 g/mol. The van der Waals surface area contributed by atoms with Gasteiger partial charge in [-0.3, -0.25) is 4.79 Å².